The molecule has 0 amide bonds. The quantitative estimate of drug-likeness (QED) is 0.512. The van der Waals surface area contributed by atoms with Crippen LogP contribution in [-0.4, -0.2) is 35.5 Å². The lowest BCUT2D eigenvalue weighted by molar-refractivity contribution is 0.0601. The third kappa shape index (κ3) is 2.80. The Labute approximate surface area is 109 Å². The van der Waals surface area contributed by atoms with E-state index in [0.29, 0.717) is 30.5 Å². The number of halogens is 1. The monoisotopic (exact) mass is 268 g/mol. The number of benzene rings is 1. The van der Waals surface area contributed by atoms with Crippen LogP contribution in [0.2, 0.25) is 0 Å². The van der Waals surface area contributed by atoms with Crippen LogP contribution in [0.5, 0.6) is 0 Å². The zero-order chi connectivity index (χ0) is 13.0. The number of nitrogens with one attached hydrogen (secondary N) is 1. The van der Waals surface area contributed by atoms with Gasteiger partial charge in [-0.2, -0.15) is 0 Å². The van der Waals surface area contributed by atoms with Crippen molar-refractivity contribution in [2.45, 2.75) is 6.61 Å². The van der Waals surface area contributed by atoms with Crippen LogP contribution >= 0.6 is 11.6 Å². The number of alkyl halides is 1. The minimum atomic E-state index is -0.369. The van der Waals surface area contributed by atoms with Gasteiger partial charge in [0.05, 0.1) is 30.3 Å². The first-order valence-corrected chi connectivity index (χ1v) is 5.98. The van der Waals surface area contributed by atoms with Gasteiger partial charge in [-0.25, -0.2) is 9.78 Å². The number of esters is 1. The van der Waals surface area contributed by atoms with Gasteiger partial charge < -0.3 is 14.5 Å². The fourth-order valence-corrected chi connectivity index (χ4v) is 1.71. The molecule has 0 unspecified atom stereocenters. The van der Waals surface area contributed by atoms with E-state index in [1.807, 2.05) is 0 Å². The molecule has 2 aromatic rings. The highest BCUT2D eigenvalue weighted by Gasteiger charge is 2.08. The Kier molecular flexibility index (Phi) is 4.17. The first kappa shape index (κ1) is 12.9. The number of methoxy groups -OCH3 is 1. The summed E-state index contributed by atoms with van der Waals surface area (Å²) in [7, 11) is 1.35. The normalized spacial score (nSPS) is 10.8. The van der Waals surface area contributed by atoms with Gasteiger partial charge in [0, 0.05) is 5.88 Å². The molecule has 0 bridgehead atoms. The van der Waals surface area contributed by atoms with Gasteiger partial charge in [-0.15, -0.1) is 11.6 Å². The Morgan fingerprint density at radius 1 is 1.50 bits per heavy atom. The summed E-state index contributed by atoms with van der Waals surface area (Å²) < 4.78 is 9.94. The third-order valence-electron chi connectivity index (χ3n) is 2.41. The van der Waals surface area contributed by atoms with Crippen LogP contribution in [0.25, 0.3) is 11.0 Å². The fourth-order valence-electron chi connectivity index (χ4n) is 1.60. The molecule has 0 aliphatic carbocycles. The zero-order valence-electron chi connectivity index (χ0n) is 9.90. The number of imidazole rings is 1. The van der Waals surface area contributed by atoms with Crippen LogP contribution in [0.1, 0.15) is 16.2 Å². The van der Waals surface area contributed by atoms with E-state index in [-0.39, 0.29) is 5.97 Å². The maximum atomic E-state index is 11.4. The van der Waals surface area contributed by atoms with Gasteiger partial charge in [-0.1, -0.05) is 0 Å². The standard InChI is InChI=1S/C12H13ClN2O3/c1-17-12(16)8-2-3-9-10(6-8)15-11(14-9)7-18-5-4-13/h2-3,6H,4-5,7H2,1H3,(H,14,15). The van der Waals surface area contributed by atoms with Gasteiger partial charge in [-0.05, 0) is 18.2 Å². The van der Waals surface area contributed by atoms with Crippen molar-refractivity contribution >= 4 is 28.6 Å². The molecule has 0 radical (unpaired) electrons. The molecule has 2 rings (SSSR count). The second-order valence-corrected chi connectivity index (χ2v) is 4.03. The van der Waals surface area contributed by atoms with Gasteiger partial charge in [0.2, 0.25) is 0 Å². The number of fused-ring (bicyclic) bond motifs is 1. The lowest BCUT2D eigenvalue weighted by atomic mass is 10.2. The number of nitrogens with zero attached hydrogens (tertiary/aromatic N) is 1. The second-order valence-electron chi connectivity index (χ2n) is 3.65. The molecule has 0 fully saturated rings. The summed E-state index contributed by atoms with van der Waals surface area (Å²) in [5.41, 5.74) is 2.05. The van der Waals surface area contributed by atoms with Gasteiger partial charge in [0.1, 0.15) is 12.4 Å². The molecule has 0 saturated carbocycles. The van der Waals surface area contributed by atoms with Crippen molar-refractivity contribution in [3.8, 4) is 0 Å². The molecule has 6 heteroatoms. The van der Waals surface area contributed by atoms with Crippen molar-refractivity contribution in [2.24, 2.45) is 0 Å². The van der Waals surface area contributed by atoms with Gasteiger partial charge in [-0.3, -0.25) is 0 Å². The van der Waals surface area contributed by atoms with E-state index in [1.165, 1.54) is 7.11 Å². The van der Waals surface area contributed by atoms with Crippen LogP contribution < -0.4 is 0 Å². The molecular weight excluding hydrogens is 256 g/mol. The largest absolute Gasteiger partial charge is 0.465 e. The molecule has 0 saturated heterocycles. The summed E-state index contributed by atoms with van der Waals surface area (Å²) in [4.78, 5) is 18.8. The molecule has 0 atom stereocenters. The second kappa shape index (κ2) is 5.84. The number of rotatable bonds is 5. The fraction of sp³-hybridized carbons (Fsp3) is 0.333. The smallest absolute Gasteiger partial charge is 0.337 e. The molecule has 0 aliphatic heterocycles. The Morgan fingerprint density at radius 2 is 2.33 bits per heavy atom. The van der Waals surface area contributed by atoms with Crippen molar-refractivity contribution in [1.29, 1.82) is 0 Å². The van der Waals surface area contributed by atoms with Gasteiger partial charge in [0.25, 0.3) is 0 Å². The lowest BCUT2D eigenvalue weighted by Crippen LogP contribution is -2.00. The lowest BCUT2D eigenvalue weighted by Gasteiger charge is -1.97. The van der Waals surface area contributed by atoms with E-state index in [0.717, 1.165) is 11.0 Å². The van der Waals surface area contributed by atoms with E-state index in [1.54, 1.807) is 18.2 Å². The number of aromatic nitrogens is 2. The van der Waals surface area contributed by atoms with Crippen molar-refractivity contribution < 1.29 is 14.3 Å². The number of hydrogen-bond acceptors (Lipinski definition) is 4. The molecule has 0 spiro atoms. The van der Waals surface area contributed by atoms with E-state index in [2.05, 4.69) is 14.7 Å². The number of hydrogen-bond donors (Lipinski definition) is 1. The molecule has 5 nitrogen and oxygen atoms in total. The number of carbonyl (C=O) groups is 1. The average Bonchev–Trinajstić information content (AvgIpc) is 2.79. The van der Waals surface area contributed by atoms with Crippen molar-refractivity contribution in [1.82, 2.24) is 9.97 Å². The SMILES string of the molecule is COC(=O)c1ccc2nc(COCCCl)[nH]c2c1. The summed E-state index contributed by atoms with van der Waals surface area (Å²) in [5.74, 6) is 0.788. The first-order chi connectivity index (χ1) is 8.74. The predicted octanol–water partition coefficient (Wildman–Crippen LogP) is 2.10. The summed E-state index contributed by atoms with van der Waals surface area (Å²) >= 11 is 5.51. The topological polar surface area (TPSA) is 64.2 Å². The Morgan fingerprint density at radius 3 is 3.06 bits per heavy atom. The molecule has 18 heavy (non-hydrogen) atoms. The van der Waals surface area contributed by atoms with Crippen LogP contribution in [0, 0.1) is 0 Å². The van der Waals surface area contributed by atoms with E-state index in [9.17, 15) is 4.79 Å². The van der Waals surface area contributed by atoms with Gasteiger partial charge >= 0.3 is 5.97 Å². The van der Waals surface area contributed by atoms with Crippen LogP contribution in [0.15, 0.2) is 18.2 Å². The maximum absolute atomic E-state index is 11.4. The Balaban J connectivity index is 2.20. The third-order valence-corrected chi connectivity index (χ3v) is 2.57. The van der Waals surface area contributed by atoms with Crippen molar-refractivity contribution in [3.63, 3.8) is 0 Å². The molecular formula is C12H13ClN2O3. The van der Waals surface area contributed by atoms with Crippen LogP contribution in [0.3, 0.4) is 0 Å². The molecule has 0 aliphatic rings. The van der Waals surface area contributed by atoms with E-state index < -0.39 is 0 Å². The van der Waals surface area contributed by atoms with Crippen LogP contribution in [-0.2, 0) is 16.1 Å². The number of ether oxygens (including phenoxy) is 2. The first-order valence-electron chi connectivity index (χ1n) is 5.45. The molecule has 1 aromatic carbocycles. The highest BCUT2D eigenvalue weighted by atomic mass is 35.5. The minimum absolute atomic E-state index is 0.369. The number of carbonyl (C=O) groups excluding carboxylic acids is 1. The van der Waals surface area contributed by atoms with Crippen molar-refractivity contribution in [3.05, 3.63) is 29.6 Å². The van der Waals surface area contributed by atoms with E-state index >= 15 is 0 Å². The summed E-state index contributed by atoms with van der Waals surface area (Å²) in [6.07, 6.45) is 0. The van der Waals surface area contributed by atoms with Crippen LogP contribution in [0.4, 0.5) is 0 Å². The minimum Gasteiger partial charge on any atom is -0.465 e. The summed E-state index contributed by atoms with van der Waals surface area (Å²) in [6.45, 7) is 0.848. The number of aromatic amines is 1. The zero-order valence-corrected chi connectivity index (χ0v) is 10.7. The molecule has 1 N–H and O–H groups in total. The highest BCUT2D eigenvalue weighted by molar-refractivity contribution is 6.17. The number of H-pyrrole nitrogens is 1. The predicted molar refractivity (Wildman–Crippen MR) is 67.8 cm³/mol. The summed E-state index contributed by atoms with van der Waals surface area (Å²) in [6, 6.07) is 5.15. The average molecular weight is 269 g/mol. The molecule has 1 aromatic heterocycles. The Hall–Kier alpha value is -1.59. The highest BCUT2D eigenvalue weighted by Crippen LogP contribution is 2.15. The van der Waals surface area contributed by atoms with Gasteiger partial charge in [0.15, 0.2) is 0 Å². The Bertz CT molecular complexity index is 553. The summed E-state index contributed by atoms with van der Waals surface area (Å²) in [5, 5.41) is 0. The molecule has 96 valence electrons. The van der Waals surface area contributed by atoms with E-state index in [4.69, 9.17) is 16.3 Å². The van der Waals surface area contributed by atoms with Crippen molar-refractivity contribution in [2.75, 3.05) is 19.6 Å². The maximum Gasteiger partial charge on any atom is 0.337 e. The molecule has 1 heterocycles.